The van der Waals surface area contributed by atoms with E-state index >= 15 is 0 Å². The van der Waals surface area contributed by atoms with E-state index < -0.39 is 72.6 Å². The van der Waals surface area contributed by atoms with Crippen molar-refractivity contribution < 1.29 is 33.6 Å². The van der Waals surface area contributed by atoms with Crippen LogP contribution in [0.5, 0.6) is 0 Å². The first-order chi connectivity index (χ1) is 21.8. The van der Waals surface area contributed by atoms with E-state index in [-0.39, 0.29) is 31.1 Å². The monoisotopic (exact) mass is 647 g/mol. The first kappa shape index (κ1) is 39.5. The molecule has 46 heavy (non-hydrogen) atoms. The highest BCUT2D eigenvalue weighted by Crippen LogP contribution is 2.08. The third-order valence-corrected chi connectivity index (χ3v) is 6.87. The average molecular weight is 648 g/mol. The quantitative estimate of drug-likeness (QED) is 0.0585. The fourth-order valence-electron chi connectivity index (χ4n) is 4.39. The number of hydrogen-bond donors (Lipinski definition) is 9. The molecule has 0 heterocycles. The largest absolute Gasteiger partial charge is 0.370 e. The minimum atomic E-state index is -1.49. The maximum atomic E-state index is 13.5. The second-order valence-electron chi connectivity index (χ2n) is 11.2. The molecule has 1 unspecified atom stereocenters. The first-order valence-electron chi connectivity index (χ1n) is 15.3. The van der Waals surface area contributed by atoms with E-state index in [9.17, 15) is 33.6 Å². The summed E-state index contributed by atoms with van der Waals surface area (Å²) in [6, 6.07) is 4.31. The van der Waals surface area contributed by atoms with E-state index in [2.05, 4.69) is 26.6 Å². The Kier molecular flexibility index (Phi) is 18.2. The van der Waals surface area contributed by atoms with Gasteiger partial charge in [-0.15, -0.1) is 0 Å². The zero-order chi connectivity index (χ0) is 34.6. The molecular weight excluding hydrogens is 598 g/mol. The molecule has 4 atom stereocenters. The molecule has 0 fully saturated rings. The molecular formula is C30H49N9O7. The molecule has 1 aromatic carbocycles. The number of benzene rings is 1. The Morgan fingerprint density at radius 1 is 0.696 bits per heavy atom. The van der Waals surface area contributed by atoms with Crippen LogP contribution in [0.15, 0.2) is 30.3 Å². The lowest BCUT2D eigenvalue weighted by Crippen LogP contribution is -2.58. The summed E-state index contributed by atoms with van der Waals surface area (Å²) in [5.41, 5.74) is 22.5. The van der Waals surface area contributed by atoms with Gasteiger partial charge >= 0.3 is 0 Å². The predicted octanol–water partition coefficient (Wildman–Crippen LogP) is -2.83. The highest BCUT2D eigenvalue weighted by atomic mass is 16.2. The zero-order valence-corrected chi connectivity index (χ0v) is 26.5. The van der Waals surface area contributed by atoms with Crippen molar-refractivity contribution in [3.05, 3.63) is 35.9 Å². The summed E-state index contributed by atoms with van der Waals surface area (Å²) in [5, 5.41) is 12.5. The summed E-state index contributed by atoms with van der Waals surface area (Å²) in [6.07, 6.45) is 1.16. The van der Waals surface area contributed by atoms with E-state index in [0.717, 1.165) is 5.56 Å². The van der Waals surface area contributed by atoms with E-state index in [1.165, 1.54) is 0 Å². The molecule has 0 spiro atoms. The van der Waals surface area contributed by atoms with Crippen LogP contribution in [-0.2, 0) is 40.0 Å². The molecule has 0 radical (unpaired) electrons. The molecule has 0 saturated heterocycles. The van der Waals surface area contributed by atoms with Gasteiger partial charge in [-0.25, -0.2) is 0 Å². The Balaban J connectivity index is 3.09. The number of nitrogens with two attached hydrogens (primary N) is 4. The Morgan fingerprint density at radius 2 is 1.30 bits per heavy atom. The Morgan fingerprint density at radius 3 is 1.87 bits per heavy atom. The lowest BCUT2D eigenvalue weighted by Gasteiger charge is -2.25. The normalized spacial score (nSPS) is 13.4. The van der Waals surface area contributed by atoms with Gasteiger partial charge in [0.25, 0.3) is 0 Å². The van der Waals surface area contributed by atoms with Crippen LogP contribution < -0.4 is 49.5 Å². The maximum absolute atomic E-state index is 13.5. The van der Waals surface area contributed by atoms with Gasteiger partial charge in [0, 0.05) is 12.8 Å². The number of primary amides is 2. The van der Waals surface area contributed by atoms with Crippen LogP contribution in [0.2, 0.25) is 0 Å². The topological polar surface area (TPSA) is 284 Å². The molecule has 7 amide bonds. The van der Waals surface area contributed by atoms with Crippen molar-refractivity contribution in [2.45, 2.75) is 83.0 Å². The number of carbonyl (C=O) groups is 7. The van der Waals surface area contributed by atoms with Crippen molar-refractivity contribution in [3.8, 4) is 0 Å². The Bertz CT molecular complexity index is 1180. The number of rotatable bonds is 22. The van der Waals surface area contributed by atoms with Crippen molar-refractivity contribution in [3.63, 3.8) is 0 Å². The summed E-state index contributed by atoms with van der Waals surface area (Å²) >= 11 is 0. The summed E-state index contributed by atoms with van der Waals surface area (Å²) < 4.78 is 0. The van der Waals surface area contributed by atoms with E-state index in [1.807, 2.05) is 6.07 Å². The molecule has 0 bridgehead atoms. The number of amides is 7. The van der Waals surface area contributed by atoms with Gasteiger partial charge in [-0.2, -0.15) is 0 Å². The Labute approximate surface area is 268 Å². The van der Waals surface area contributed by atoms with Gasteiger partial charge in [0.2, 0.25) is 41.4 Å². The van der Waals surface area contributed by atoms with E-state index in [4.69, 9.17) is 22.9 Å². The predicted molar refractivity (Wildman–Crippen MR) is 170 cm³/mol. The van der Waals surface area contributed by atoms with Crippen molar-refractivity contribution in [2.75, 3.05) is 19.6 Å². The molecule has 1 rings (SSSR count). The molecule has 0 aliphatic carbocycles. The van der Waals surface area contributed by atoms with Crippen molar-refractivity contribution in [1.82, 2.24) is 26.6 Å². The highest BCUT2D eigenvalue weighted by molar-refractivity contribution is 5.97. The first-order valence-corrected chi connectivity index (χ1v) is 15.3. The van der Waals surface area contributed by atoms with Crippen LogP contribution in [0.1, 0.15) is 57.9 Å². The highest BCUT2D eigenvalue weighted by Gasteiger charge is 2.31. The van der Waals surface area contributed by atoms with E-state index in [0.29, 0.717) is 32.4 Å². The van der Waals surface area contributed by atoms with Gasteiger partial charge in [-0.3, -0.25) is 33.6 Å². The van der Waals surface area contributed by atoms with Crippen LogP contribution in [0.25, 0.3) is 0 Å². The summed E-state index contributed by atoms with van der Waals surface area (Å²) in [5.74, 6) is -5.41. The lowest BCUT2D eigenvalue weighted by molar-refractivity contribution is -0.135. The van der Waals surface area contributed by atoms with Gasteiger partial charge < -0.3 is 49.5 Å². The second-order valence-corrected chi connectivity index (χ2v) is 11.2. The van der Waals surface area contributed by atoms with Crippen LogP contribution in [0.3, 0.4) is 0 Å². The van der Waals surface area contributed by atoms with Gasteiger partial charge in [0.15, 0.2) is 0 Å². The van der Waals surface area contributed by atoms with Crippen LogP contribution >= 0.6 is 0 Å². The minimum absolute atomic E-state index is 0.109. The Hall–Kier alpha value is -4.57. The number of nitrogens with one attached hydrogen (secondary N) is 5. The summed E-state index contributed by atoms with van der Waals surface area (Å²) in [4.78, 5) is 88.0. The fourth-order valence-corrected chi connectivity index (χ4v) is 4.39. The van der Waals surface area contributed by atoms with E-state index in [1.54, 1.807) is 38.1 Å². The van der Waals surface area contributed by atoms with Gasteiger partial charge in [-0.05, 0) is 50.3 Å². The molecule has 13 N–H and O–H groups in total. The standard InChI is InChI=1S/C30H49N9O7/c1-18(2)26(27(34)43)39-25(42)17-35-28(44)22(16-23(33)40)38-29(45)20(11-6-7-13-31)37-30(46)21(36-24(41)12-8-14-32)15-19-9-4-3-5-10-19/h3-5,9-10,18,20-22,26H,6-8,11-17,31-32H2,1-2H3,(H2,33,40)(H2,34,43)(H,35,44)(H,36,41)(H,37,46)(H,38,45)(H,39,42)/t20-,21-,22-,26?/m0/s1. The molecule has 16 heteroatoms. The second kappa shape index (κ2) is 21.2. The molecule has 0 saturated carbocycles. The van der Waals surface area contributed by atoms with Gasteiger partial charge in [-0.1, -0.05) is 44.2 Å². The van der Waals surface area contributed by atoms with Crippen molar-refractivity contribution >= 4 is 41.4 Å². The number of unbranched alkanes of at least 4 members (excludes halogenated alkanes) is 1. The van der Waals surface area contributed by atoms with Crippen molar-refractivity contribution in [1.29, 1.82) is 0 Å². The molecule has 0 aliphatic heterocycles. The fraction of sp³-hybridized carbons (Fsp3) is 0.567. The minimum Gasteiger partial charge on any atom is -0.370 e. The number of hydrogen-bond acceptors (Lipinski definition) is 9. The smallest absolute Gasteiger partial charge is 0.243 e. The number of carbonyl (C=O) groups excluding carboxylic acids is 7. The van der Waals surface area contributed by atoms with Gasteiger partial charge in [0.05, 0.1) is 13.0 Å². The molecule has 0 aromatic heterocycles. The molecule has 16 nitrogen and oxygen atoms in total. The molecule has 1 aromatic rings. The zero-order valence-electron chi connectivity index (χ0n) is 26.5. The third-order valence-electron chi connectivity index (χ3n) is 6.87. The van der Waals surface area contributed by atoms with Crippen LogP contribution in [-0.4, -0.2) is 85.2 Å². The maximum Gasteiger partial charge on any atom is 0.243 e. The van der Waals surface area contributed by atoms with Gasteiger partial charge in [0.1, 0.15) is 24.2 Å². The van der Waals surface area contributed by atoms with Crippen LogP contribution in [0.4, 0.5) is 0 Å². The van der Waals surface area contributed by atoms with Crippen molar-refractivity contribution in [2.24, 2.45) is 28.9 Å². The summed E-state index contributed by atoms with van der Waals surface area (Å²) in [7, 11) is 0. The SMILES string of the molecule is CC(C)C(NC(=O)CNC(=O)[C@H](CC(N)=O)NC(=O)[C@H](CCCCN)NC(=O)[C@H](Cc1ccccc1)NC(=O)CCCN)C(N)=O. The lowest BCUT2D eigenvalue weighted by atomic mass is 10.0. The molecule has 0 aliphatic rings. The van der Waals surface area contributed by atoms with Crippen LogP contribution in [0, 0.1) is 5.92 Å². The molecule has 256 valence electrons. The average Bonchev–Trinajstić information content (AvgIpc) is 3.00. The summed E-state index contributed by atoms with van der Waals surface area (Å²) in [6.45, 7) is 3.40. The third kappa shape index (κ3) is 15.4.